The third-order valence-electron chi connectivity index (χ3n) is 5.98. The van der Waals surface area contributed by atoms with Crippen LogP contribution in [0, 0.1) is 20.8 Å². The maximum absolute atomic E-state index is 13.1. The summed E-state index contributed by atoms with van der Waals surface area (Å²) in [6.07, 6.45) is 2.50. The van der Waals surface area contributed by atoms with Crippen molar-refractivity contribution in [3.8, 4) is 0 Å². The monoisotopic (exact) mass is 391 g/mol. The van der Waals surface area contributed by atoms with Gasteiger partial charge in [0.1, 0.15) is 0 Å². The Morgan fingerprint density at radius 2 is 1.93 bits per heavy atom. The van der Waals surface area contributed by atoms with Crippen molar-refractivity contribution in [2.24, 2.45) is 7.05 Å². The number of fused-ring (bicyclic) bond motifs is 1. The first-order valence-corrected chi connectivity index (χ1v) is 10.3. The lowest BCUT2D eigenvalue weighted by molar-refractivity contribution is -0.131. The number of nitrogens with one attached hydrogen (secondary N) is 1. The minimum absolute atomic E-state index is 0.179. The number of piperidine rings is 1. The highest BCUT2D eigenvalue weighted by Gasteiger charge is 2.25. The third-order valence-corrected chi connectivity index (χ3v) is 5.98. The molecule has 3 aromatic rings. The molecule has 1 amide bonds. The predicted molar refractivity (Wildman–Crippen MR) is 116 cm³/mol. The second kappa shape index (κ2) is 7.85. The van der Waals surface area contributed by atoms with Crippen LogP contribution in [-0.4, -0.2) is 44.7 Å². The molecule has 1 aromatic carbocycles. The highest BCUT2D eigenvalue weighted by molar-refractivity contribution is 5.86. The number of aryl methyl sites for hydroxylation is 4. The first-order chi connectivity index (χ1) is 13.9. The molecule has 0 radical (unpaired) electrons. The van der Waals surface area contributed by atoms with E-state index in [0.29, 0.717) is 12.5 Å². The molecular weight excluding hydrogens is 362 g/mol. The number of amides is 1. The van der Waals surface area contributed by atoms with Crippen molar-refractivity contribution in [3.05, 3.63) is 52.8 Å². The van der Waals surface area contributed by atoms with Gasteiger partial charge in [-0.05, 0) is 56.9 Å². The van der Waals surface area contributed by atoms with Gasteiger partial charge >= 0.3 is 0 Å². The maximum atomic E-state index is 13.1. The lowest BCUT2D eigenvalue weighted by Gasteiger charge is -2.34. The summed E-state index contributed by atoms with van der Waals surface area (Å²) in [5.41, 5.74) is 6.05. The molecule has 0 bridgehead atoms. The van der Waals surface area contributed by atoms with E-state index in [9.17, 15) is 4.79 Å². The van der Waals surface area contributed by atoms with Crippen molar-refractivity contribution in [3.63, 3.8) is 0 Å². The number of likely N-dealkylation sites (tertiary alicyclic amines) is 1. The van der Waals surface area contributed by atoms with Crippen LogP contribution in [0.3, 0.4) is 0 Å². The van der Waals surface area contributed by atoms with Crippen LogP contribution in [-0.2, 0) is 18.3 Å². The summed E-state index contributed by atoms with van der Waals surface area (Å²) in [5, 5.41) is 9.14. The van der Waals surface area contributed by atoms with Crippen molar-refractivity contribution < 1.29 is 4.79 Å². The van der Waals surface area contributed by atoms with Gasteiger partial charge in [0.25, 0.3) is 0 Å². The van der Waals surface area contributed by atoms with Crippen LogP contribution in [0.15, 0.2) is 30.3 Å². The Morgan fingerprint density at radius 3 is 2.69 bits per heavy atom. The summed E-state index contributed by atoms with van der Waals surface area (Å²) in [7, 11) is 1.92. The molecule has 1 atom stereocenters. The summed E-state index contributed by atoms with van der Waals surface area (Å²) in [5.74, 6) is 0.179. The zero-order valence-corrected chi connectivity index (χ0v) is 17.7. The Balaban J connectivity index is 1.51. The number of anilines is 1. The smallest absolute Gasteiger partial charge is 0.227 e. The Hall–Kier alpha value is -2.89. The Bertz CT molecular complexity index is 1040. The lowest BCUT2D eigenvalue weighted by atomic mass is 9.99. The topological polar surface area (TPSA) is 63.1 Å². The minimum Gasteiger partial charge on any atom is -0.381 e. The van der Waals surface area contributed by atoms with Gasteiger partial charge in [0.15, 0.2) is 5.65 Å². The van der Waals surface area contributed by atoms with Gasteiger partial charge in [0.2, 0.25) is 5.91 Å². The van der Waals surface area contributed by atoms with Gasteiger partial charge in [-0.1, -0.05) is 18.2 Å². The number of nitrogens with zero attached hydrogens (tertiary/aromatic N) is 4. The fraction of sp³-hybridized carbons (Fsp3) is 0.435. The van der Waals surface area contributed by atoms with Gasteiger partial charge in [-0.15, -0.1) is 0 Å². The van der Waals surface area contributed by atoms with E-state index < -0.39 is 0 Å². The summed E-state index contributed by atoms with van der Waals surface area (Å²) >= 11 is 0. The highest BCUT2D eigenvalue weighted by atomic mass is 16.2. The quantitative estimate of drug-likeness (QED) is 0.739. The Labute approximate surface area is 171 Å². The van der Waals surface area contributed by atoms with Crippen LogP contribution in [0.1, 0.15) is 35.4 Å². The number of hydrogen-bond acceptors (Lipinski definition) is 4. The number of aromatic nitrogens is 3. The van der Waals surface area contributed by atoms with E-state index in [0.717, 1.165) is 65.2 Å². The first-order valence-electron chi connectivity index (χ1n) is 10.3. The molecule has 1 saturated heterocycles. The molecule has 4 rings (SSSR count). The molecule has 152 valence electrons. The molecule has 0 saturated carbocycles. The summed E-state index contributed by atoms with van der Waals surface area (Å²) in [4.78, 5) is 19.9. The van der Waals surface area contributed by atoms with Crippen LogP contribution >= 0.6 is 0 Å². The highest BCUT2D eigenvalue weighted by Crippen LogP contribution is 2.26. The van der Waals surface area contributed by atoms with Crippen molar-refractivity contribution in [2.45, 2.75) is 46.1 Å². The molecular formula is C23H29N5O. The molecule has 0 spiro atoms. The predicted octanol–water partition coefficient (Wildman–Crippen LogP) is 3.54. The van der Waals surface area contributed by atoms with Crippen LogP contribution in [0.2, 0.25) is 0 Å². The van der Waals surface area contributed by atoms with Gasteiger partial charge in [0, 0.05) is 42.9 Å². The molecule has 0 aliphatic carbocycles. The molecule has 1 aliphatic rings. The number of benzene rings is 1. The fourth-order valence-electron chi connectivity index (χ4n) is 4.48. The zero-order chi connectivity index (χ0) is 20.5. The van der Waals surface area contributed by atoms with Gasteiger partial charge in [0.05, 0.1) is 12.1 Å². The van der Waals surface area contributed by atoms with Gasteiger partial charge < -0.3 is 10.2 Å². The normalized spacial score (nSPS) is 17.0. The summed E-state index contributed by atoms with van der Waals surface area (Å²) < 4.78 is 1.82. The second-order valence-corrected chi connectivity index (χ2v) is 8.07. The molecule has 29 heavy (non-hydrogen) atoms. The number of pyridine rings is 1. The van der Waals surface area contributed by atoms with Crippen molar-refractivity contribution in [1.82, 2.24) is 19.7 Å². The molecule has 1 N–H and O–H groups in total. The number of para-hydroxylation sites is 1. The van der Waals surface area contributed by atoms with Gasteiger partial charge in [-0.3, -0.25) is 9.48 Å². The standard InChI is InChI=1S/C23H29N5O/c1-15-20(16(2)24-23-22(15)17(3)26-27(23)4)13-21(29)28-12-8-11-19(14-28)25-18-9-6-5-7-10-18/h5-7,9-10,19,25H,8,11-14H2,1-4H3. The van der Waals surface area contributed by atoms with Crippen LogP contribution in [0.5, 0.6) is 0 Å². The number of hydrogen-bond donors (Lipinski definition) is 1. The van der Waals surface area contributed by atoms with Crippen LogP contribution < -0.4 is 5.32 Å². The molecule has 1 unspecified atom stereocenters. The minimum atomic E-state index is 0.179. The first kappa shape index (κ1) is 19.4. The van der Waals surface area contributed by atoms with E-state index in [-0.39, 0.29) is 5.91 Å². The lowest BCUT2D eigenvalue weighted by Crippen LogP contribution is -2.45. The van der Waals surface area contributed by atoms with Crippen molar-refractivity contribution >= 4 is 22.6 Å². The largest absolute Gasteiger partial charge is 0.381 e. The van der Waals surface area contributed by atoms with E-state index in [1.165, 1.54) is 0 Å². The molecule has 1 fully saturated rings. The molecule has 2 aromatic heterocycles. The maximum Gasteiger partial charge on any atom is 0.227 e. The number of carbonyl (C=O) groups is 1. The van der Waals surface area contributed by atoms with E-state index in [4.69, 9.17) is 4.98 Å². The van der Waals surface area contributed by atoms with Crippen LogP contribution in [0.4, 0.5) is 5.69 Å². The van der Waals surface area contributed by atoms with Gasteiger partial charge in [-0.25, -0.2) is 4.98 Å². The SMILES string of the molecule is Cc1nc2c(c(C)nn2C)c(C)c1CC(=O)N1CCCC(Nc2ccccc2)C1. The molecule has 1 aliphatic heterocycles. The van der Waals surface area contributed by atoms with E-state index in [2.05, 4.69) is 29.5 Å². The molecule has 3 heterocycles. The van der Waals surface area contributed by atoms with E-state index >= 15 is 0 Å². The Morgan fingerprint density at radius 1 is 1.17 bits per heavy atom. The van der Waals surface area contributed by atoms with E-state index in [1.807, 2.05) is 48.7 Å². The number of rotatable bonds is 4. The summed E-state index contributed by atoms with van der Waals surface area (Å²) in [6, 6.07) is 10.5. The average molecular weight is 392 g/mol. The second-order valence-electron chi connectivity index (χ2n) is 8.07. The van der Waals surface area contributed by atoms with Gasteiger partial charge in [-0.2, -0.15) is 5.10 Å². The summed E-state index contributed by atoms with van der Waals surface area (Å²) in [6.45, 7) is 7.65. The Kier molecular flexibility index (Phi) is 5.26. The van der Waals surface area contributed by atoms with Crippen molar-refractivity contribution in [1.29, 1.82) is 0 Å². The fourth-order valence-corrected chi connectivity index (χ4v) is 4.48. The average Bonchev–Trinajstić information content (AvgIpc) is 2.99. The van der Waals surface area contributed by atoms with Crippen molar-refractivity contribution in [2.75, 3.05) is 18.4 Å². The molecule has 6 nitrogen and oxygen atoms in total. The third kappa shape index (κ3) is 3.84. The zero-order valence-electron chi connectivity index (χ0n) is 17.7. The van der Waals surface area contributed by atoms with Crippen LogP contribution in [0.25, 0.3) is 11.0 Å². The molecule has 6 heteroatoms. The van der Waals surface area contributed by atoms with E-state index in [1.54, 1.807) is 0 Å². The number of carbonyl (C=O) groups excluding carboxylic acids is 1.